The lowest BCUT2D eigenvalue weighted by Crippen LogP contribution is -2.00. The highest BCUT2D eigenvalue weighted by molar-refractivity contribution is 5.75. The van der Waals surface area contributed by atoms with Crippen LogP contribution >= 0.6 is 0 Å². The highest BCUT2D eigenvalue weighted by Crippen LogP contribution is 2.27. The first kappa shape index (κ1) is 25.0. The Balaban J connectivity index is 1.60. The largest absolute Gasteiger partial charge is 0.0805 e. The smallest absolute Gasteiger partial charge is 0.0187 e. The van der Waals surface area contributed by atoms with Crippen LogP contribution in [0, 0.1) is 5.92 Å². The van der Waals surface area contributed by atoms with Crippen LogP contribution in [-0.4, -0.2) is 0 Å². The SMILES string of the molecule is CCCCCCCCCCc1ccc(C2=CCC(CCCCCCCC)C=C2)cc1. The number of rotatable bonds is 17. The monoisotopic (exact) mass is 408 g/mol. The van der Waals surface area contributed by atoms with E-state index >= 15 is 0 Å². The first-order valence-electron chi connectivity index (χ1n) is 13.3. The summed E-state index contributed by atoms with van der Waals surface area (Å²) >= 11 is 0. The van der Waals surface area contributed by atoms with Crippen molar-refractivity contribution in [2.24, 2.45) is 5.92 Å². The second-order valence-corrected chi connectivity index (χ2v) is 9.49. The summed E-state index contributed by atoms with van der Waals surface area (Å²) < 4.78 is 0. The summed E-state index contributed by atoms with van der Waals surface area (Å²) in [5.74, 6) is 0.765. The molecule has 0 amide bonds. The fourth-order valence-corrected chi connectivity index (χ4v) is 4.61. The minimum absolute atomic E-state index is 0.765. The molecule has 0 saturated carbocycles. The van der Waals surface area contributed by atoms with E-state index < -0.39 is 0 Å². The molecule has 0 spiro atoms. The van der Waals surface area contributed by atoms with Crippen molar-refractivity contribution in [3.05, 3.63) is 53.6 Å². The number of allylic oxidation sites excluding steroid dienone is 4. The van der Waals surface area contributed by atoms with Crippen LogP contribution in [0.5, 0.6) is 0 Å². The molecule has 168 valence electrons. The Morgan fingerprint density at radius 2 is 1.23 bits per heavy atom. The van der Waals surface area contributed by atoms with Gasteiger partial charge in [0.15, 0.2) is 0 Å². The van der Waals surface area contributed by atoms with Crippen molar-refractivity contribution >= 4 is 5.57 Å². The topological polar surface area (TPSA) is 0 Å². The molecule has 0 nitrogen and oxygen atoms in total. The van der Waals surface area contributed by atoms with Gasteiger partial charge in [-0.15, -0.1) is 0 Å². The molecular weight excluding hydrogens is 360 g/mol. The number of benzene rings is 1. The number of aryl methyl sites for hydroxylation is 1. The molecule has 1 aromatic carbocycles. The van der Waals surface area contributed by atoms with Crippen LogP contribution < -0.4 is 0 Å². The average molecular weight is 409 g/mol. The standard InChI is InChI=1S/C30H48/c1-3-5-7-9-11-12-14-16-18-28-21-25-30(26-22-28)29-23-19-27(20-24-29)17-15-13-10-8-6-4-2/h19,21-27H,3-18,20H2,1-2H3. The summed E-state index contributed by atoms with van der Waals surface area (Å²) in [4.78, 5) is 0. The van der Waals surface area contributed by atoms with Crippen molar-refractivity contribution in [3.63, 3.8) is 0 Å². The molecule has 1 aromatic rings. The highest BCUT2D eigenvalue weighted by Gasteiger charge is 2.10. The molecule has 0 saturated heterocycles. The quantitative estimate of drug-likeness (QED) is 0.225. The molecular formula is C30H48. The van der Waals surface area contributed by atoms with Crippen molar-refractivity contribution in [1.82, 2.24) is 0 Å². The summed E-state index contributed by atoms with van der Waals surface area (Å²) in [5, 5.41) is 0. The molecule has 0 N–H and O–H groups in total. The Kier molecular flexibility index (Phi) is 13.6. The maximum Gasteiger partial charge on any atom is -0.0187 e. The Hall–Kier alpha value is -1.30. The van der Waals surface area contributed by atoms with Gasteiger partial charge in [-0.05, 0) is 48.3 Å². The molecule has 0 heteroatoms. The van der Waals surface area contributed by atoms with E-state index in [-0.39, 0.29) is 0 Å². The van der Waals surface area contributed by atoms with Crippen LogP contribution in [0.15, 0.2) is 42.5 Å². The third-order valence-corrected chi connectivity index (χ3v) is 6.72. The molecule has 0 heterocycles. The van der Waals surface area contributed by atoms with Gasteiger partial charge in [0.1, 0.15) is 0 Å². The molecule has 0 fully saturated rings. The maximum absolute atomic E-state index is 2.47. The van der Waals surface area contributed by atoms with Gasteiger partial charge in [-0.3, -0.25) is 0 Å². The minimum Gasteiger partial charge on any atom is -0.0805 e. The average Bonchev–Trinajstić information content (AvgIpc) is 2.79. The van der Waals surface area contributed by atoms with E-state index in [0.29, 0.717) is 0 Å². The summed E-state index contributed by atoms with van der Waals surface area (Å²) in [6.07, 6.45) is 30.8. The van der Waals surface area contributed by atoms with E-state index in [1.807, 2.05) is 0 Å². The van der Waals surface area contributed by atoms with Crippen LogP contribution in [0.4, 0.5) is 0 Å². The fraction of sp³-hybridized carbons (Fsp3) is 0.667. The van der Waals surface area contributed by atoms with Crippen LogP contribution in [0.3, 0.4) is 0 Å². The van der Waals surface area contributed by atoms with Crippen molar-refractivity contribution in [2.75, 3.05) is 0 Å². The van der Waals surface area contributed by atoms with Crippen LogP contribution in [0.1, 0.15) is 128 Å². The van der Waals surface area contributed by atoms with Crippen molar-refractivity contribution in [1.29, 1.82) is 0 Å². The van der Waals surface area contributed by atoms with E-state index in [1.54, 1.807) is 0 Å². The predicted molar refractivity (Wildman–Crippen MR) is 136 cm³/mol. The lowest BCUT2D eigenvalue weighted by molar-refractivity contribution is 0.520. The van der Waals surface area contributed by atoms with Crippen LogP contribution in [-0.2, 0) is 6.42 Å². The Morgan fingerprint density at radius 1 is 0.667 bits per heavy atom. The Morgan fingerprint density at radius 3 is 1.80 bits per heavy atom. The third-order valence-electron chi connectivity index (χ3n) is 6.72. The molecule has 0 bridgehead atoms. The summed E-state index contributed by atoms with van der Waals surface area (Å²) in [5.41, 5.74) is 4.32. The van der Waals surface area contributed by atoms with Crippen molar-refractivity contribution in [3.8, 4) is 0 Å². The number of hydrogen-bond acceptors (Lipinski definition) is 0. The molecule has 0 aliphatic heterocycles. The predicted octanol–water partition coefficient (Wildman–Crippen LogP) is 10.1. The Bertz CT molecular complexity index is 589. The first-order chi connectivity index (χ1) is 14.8. The van der Waals surface area contributed by atoms with Gasteiger partial charge >= 0.3 is 0 Å². The van der Waals surface area contributed by atoms with Crippen LogP contribution in [0.25, 0.3) is 5.57 Å². The van der Waals surface area contributed by atoms with Gasteiger partial charge in [-0.2, -0.15) is 0 Å². The molecule has 1 aliphatic carbocycles. The van der Waals surface area contributed by atoms with E-state index in [4.69, 9.17) is 0 Å². The summed E-state index contributed by atoms with van der Waals surface area (Å²) in [6.45, 7) is 4.59. The van der Waals surface area contributed by atoms with Gasteiger partial charge in [0.2, 0.25) is 0 Å². The zero-order valence-electron chi connectivity index (χ0n) is 20.1. The minimum atomic E-state index is 0.765. The fourth-order valence-electron chi connectivity index (χ4n) is 4.61. The van der Waals surface area contributed by atoms with Gasteiger partial charge < -0.3 is 0 Å². The second-order valence-electron chi connectivity index (χ2n) is 9.49. The number of hydrogen-bond donors (Lipinski definition) is 0. The van der Waals surface area contributed by atoms with Gasteiger partial charge in [0, 0.05) is 0 Å². The third kappa shape index (κ3) is 10.6. The lowest BCUT2D eigenvalue weighted by atomic mass is 9.89. The van der Waals surface area contributed by atoms with E-state index in [2.05, 4.69) is 56.3 Å². The van der Waals surface area contributed by atoms with E-state index in [0.717, 1.165) is 5.92 Å². The van der Waals surface area contributed by atoms with Crippen LogP contribution in [0.2, 0.25) is 0 Å². The van der Waals surface area contributed by atoms with Crippen molar-refractivity contribution < 1.29 is 0 Å². The molecule has 2 rings (SSSR count). The van der Waals surface area contributed by atoms with E-state index in [1.165, 1.54) is 126 Å². The van der Waals surface area contributed by atoms with E-state index in [9.17, 15) is 0 Å². The second kappa shape index (κ2) is 16.4. The maximum atomic E-state index is 2.47. The van der Waals surface area contributed by atoms with Crippen molar-refractivity contribution in [2.45, 2.75) is 123 Å². The zero-order chi connectivity index (χ0) is 21.3. The first-order valence-corrected chi connectivity index (χ1v) is 13.3. The Labute approximate surface area is 188 Å². The summed E-state index contributed by atoms with van der Waals surface area (Å²) in [7, 11) is 0. The van der Waals surface area contributed by atoms with Gasteiger partial charge in [0.25, 0.3) is 0 Å². The highest BCUT2D eigenvalue weighted by atomic mass is 14.1. The number of unbranched alkanes of at least 4 members (excludes halogenated alkanes) is 12. The molecule has 0 aromatic heterocycles. The molecule has 1 unspecified atom stereocenters. The van der Waals surface area contributed by atoms with Gasteiger partial charge in [-0.25, -0.2) is 0 Å². The van der Waals surface area contributed by atoms with Gasteiger partial charge in [0.05, 0.1) is 0 Å². The van der Waals surface area contributed by atoms with Gasteiger partial charge in [-0.1, -0.05) is 140 Å². The zero-order valence-corrected chi connectivity index (χ0v) is 20.1. The molecule has 1 aliphatic rings. The molecule has 30 heavy (non-hydrogen) atoms. The lowest BCUT2D eigenvalue weighted by Gasteiger charge is -2.16. The summed E-state index contributed by atoms with van der Waals surface area (Å²) in [6, 6.07) is 9.38. The molecule has 1 atom stereocenters. The normalized spacial score (nSPS) is 16.1. The molecule has 0 radical (unpaired) electrons.